The van der Waals surface area contributed by atoms with Gasteiger partial charge in [-0.3, -0.25) is 4.90 Å². The third-order valence-corrected chi connectivity index (χ3v) is 8.35. The van der Waals surface area contributed by atoms with Gasteiger partial charge in [0.25, 0.3) is 10.0 Å². The lowest BCUT2D eigenvalue weighted by molar-refractivity contribution is 0.324. The minimum absolute atomic E-state index is 0.131. The van der Waals surface area contributed by atoms with Gasteiger partial charge >= 0.3 is 0 Å². The van der Waals surface area contributed by atoms with Crippen LogP contribution in [0.4, 0.5) is 10.1 Å². The van der Waals surface area contributed by atoms with Crippen molar-refractivity contribution < 1.29 is 21.2 Å². The Morgan fingerprint density at radius 2 is 1.73 bits per heavy atom. The summed E-state index contributed by atoms with van der Waals surface area (Å²) < 4.78 is 69.6. The van der Waals surface area contributed by atoms with Crippen LogP contribution in [-0.2, 0) is 20.0 Å². The molecule has 0 aliphatic carbocycles. The van der Waals surface area contributed by atoms with Crippen molar-refractivity contribution in [3.05, 3.63) is 54.3 Å². The highest BCUT2D eigenvalue weighted by Crippen LogP contribution is 2.27. The van der Waals surface area contributed by atoms with Crippen molar-refractivity contribution in [1.29, 1.82) is 0 Å². The van der Waals surface area contributed by atoms with Crippen LogP contribution in [0.25, 0.3) is 0 Å². The maximum atomic E-state index is 14.0. The molecular formula is C19H21FN4O4S2. The van der Waals surface area contributed by atoms with Crippen LogP contribution in [0.2, 0.25) is 0 Å². The summed E-state index contributed by atoms with van der Waals surface area (Å²) in [6.07, 6.45) is 0.532. The minimum atomic E-state index is -3.94. The first-order chi connectivity index (χ1) is 14.3. The third kappa shape index (κ3) is 4.10. The van der Waals surface area contributed by atoms with E-state index in [-0.39, 0.29) is 29.4 Å². The molecule has 0 atom stereocenters. The monoisotopic (exact) mass is 452 g/mol. The number of rotatable bonds is 4. The van der Waals surface area contributed by atoms with E-state index in [0.29, 0.717) is 31.0 Å². The van der Waals surface area contributed by atoms with Crippen molar-refractivity contribution in [1.82, 2.24) is 9.21 Å². The number of nitrogens with one attached hydrogen (secondary N) is 1. The number of halogens is 1. The number of sulfonamides is 2. The average Bonchev–Trinajstić information content (AvgIpc) is 2.94. The van der Waals surface area contributed by atoms with Gasteiger partial charge < -0.3 is 5.32 Å². The number of benzene rings is 2. The Kier molecular flexibility index (Phi) is 5.62. The summed E-state index contributed by atoms with van der Waals surface area (Å²) in [4.78, 5) is 1.73. The van der Waals surface area contributed by atoms with Crippen LogP contribution in [0.3, 0.4) is 0 Å². The van der Waals surface area contributed by atoms with Gasteiger partial charge in [-0.15, -0.1) is 4.40 Å². The zero-order chi connectivity index (χ0) is 21.4. The molecule has 2 aliphatic heterocycles. The third-order valence-electron chi connectivity index (χ3n) is 5.05. The highest BCUT2D eigenvalue weighted by Gasteiger charge is 2.30. The molecule has 11 heteroatoms. The Labute approximate surface area is 175 Å². The normalized spacial score (nSPS) is 20.0. The number of amidine groups is 1. The number of hydrogen-bond donors (Lipinski definition) is 1. The molecule has 0 amide bonds. The molecule has 1 N–H and O–H groups in total. The second kappa shape index (κ2) is 8.06. The molecule has 0 radical (unpaired) electrons. The Morgan fingerprint density at radius 1 is 1.00 bits per heavy atom. The van der Waals surface area contributed by atoms with E-state index in [4.69, 9.17) is 0 Å². The highest BCUT2D eigenvalue weighted by atomic mass is 32.2. The Bertz CT molecular complexity index is 1200. The molecule has 0 bridgehead atoms. The van der Waals surface area contributed by atoms with Crippen molar-refractivity contribution in [2.24, 2.45) is 4.40 Å². The van der Waals surface area contributed by atoms with Gasteiger partial charge in [0, 0.05) is 19.6 Å². The lowest BCUT2D eigenvalue weighted by Crippen LogP contribution is -2.39. The number of nitrogens with zero attached hydrogens (tertiary/aromatic N) is 3. The zero-order valence-corrected chi connectivity index (χ0v) is 17.7. The Balaban J connectivity index is 1.47. The molecule has 2 aliphatic rings. The molecule has 2 aromatic carbocycles. The molecule has 4 rings (SSSR count). The standard InChI is InChI=1S/C19H21FN4O4S2/c20-15-6-1-3-8-17(15)30(27,28)24-11-5-10-23(12-13-24)14-19-21-16-7-2-4-9-18(16)29(25,26)22-19/h1-4,6-9H,5,10-14H2,(H,21,22). The summed E-state index contributed by atoms with van der Waals surface area (Å²) in [5, 5.41) is 3.04. The van der Waals surface area contributed by atoms with Crippen LogP contribution in [-0.4, -0.2) is 64.6 Å². The number of hydrogen-bond acceptors (Lipinski definition) is 6. The van der Waals surface area contributed by atoms with Crippen molar-refractivity contribution in [2.45, 2.75) is 16.2 Å². The lowest BCUT2D eigenvalue weighted by atomic mass is 10.3. The average molecular weight is 453 g/mol. The van der Waals surface area contributed by atoms with Crippen LogP contribution in [0.15, 0.2) is 62.7 Å². The second-order valence-corrected chi connectivity index (χ2v) is 10.6. The number of anilines is 1. The van der Waals surface area contributed by atoms with Crippen LogP contribution in [0.1, 0.15) is 6.42 Å². The summed E-state index contributed by atoms with van der Waals surface area (Å²) in [6, 6.07) is 11.9. The largest absolute Gasteiger partial charge is 0.341 e. The Hall–Kier alpha value is -2.34. The summed E-state index contributed by atoms with van der Waals surface area (Å²) in [5.41, 5.74) is 0.473. The van der Waals surface area contributed by atoms with Gasteiger partial charge in [0.2, 0.25) is 10.0 Å². The molecule has 1 fully saturated rings. The van der Waals surface area contributed by atoms with Gasteiger partial charge in [0.1, 0.15) is 21.4 Å². The van der Waals surface area contributed by atoms with E-state index in [1.807, 2.05) is 4.90 Å². The van der Waals surface area contributed by atoms with Crippen LogP contribution >= 0.6 is 0 Å². The van der Waals surface area contributed by atoms with Crippen molar-refractivity contribution in [3.8, 4) is 0 Å². The fourth-order valence-electron chi connectivity index (χ4n) is 3.59. The fraction of sp³-hybridized carbons (Fsp3) is 0.316. The second-order valence-electron chi connectivity index (χ2n) is 7.10. The van der Waals surface area contributed by atoms with Gasteiger partial charge in [-0.1, -0.05) is 24.3 Å². The molecule has 2 aromatic rings. The maximum Gasteiger partial charge on any atom is 0.286 e. The molecule has 160 valence electrons. The molecule has 0 aromatic heterocycles. The van der Waals surface area contributed by atoms with E-state index >= 15 is 0 Å². The fourth-order valence-corrected chi connectivity index (χ4v) is 6.26. The van der Waals surface area contributed by atoms with Crippen LogP contribution < -0.4 is 5.32 Å². The predicted octanol–water partition coefficient (Wildman–Crippen LogP) is 1.73. The van der Waals surface area contributed by atoms with Gasteiger partial charge in [0.15, 0.2) is 0 Å². The predicted molar refractivity (Wildman–Crippen MR) is 111 cm³/mol. The molecule has 0 unspecified atom stereocenters. The van der Waals surface area contributed by atoms with Crippen molar-refractivity contribution in [3.63, 3.8) is 0 Å². The van der Waals surface area contributed by atoms with E-state index in [1.165, 1.54) is 28.6 Å². The van der Waals surface area contributed by atoms with E-state index in [2.05, 4.69) is 9.71 Å². The maximum absolute atomic E-state index is 14.0. The lowest BCUT2D eigenvalue weighted by Gasteiger charge is -2.24. The first kappa shape index (κ1) is 20.9. The first-order valence-electron chi connectivity index (χ1n) is 9.44. The van der Waals surface area contributed by atoms with E-state index in [9.17, 15) is 21.2 Å². The minimum Gasteiger partial charge on any atom is -0.341 e. The van der Waals surface area contributed by atoms with Gasteiger partial charge in [-0.05, 0) is 37.2 Å². The number of fused-ring (bicyclic) bond motifs is 1. The molecule has 0 saturated carbocycles. The summed E-state index contributed by atoms with van der Waals surface area (Å²) in [7, 11) is -7.72. The molecular weight excluding hydrogens is 431 g/mol. The van der Waals surface area contributed by atoms with Gasteiger partial charge in [-0.25, -0.2) is 12.8 Å². The Morgan fingerprint density at radius 3 is 2.53 bits per heavy atom. The smallest absolute Gasteiger partial charge is 0.286 e. The van der Waals surface area contributed by atoms with Crippen LogP contribution in [0, 0.1) is 5.82 Å². The van der Waals surface area contributed by atoms with Gasteiger partial charge in [-0.2, -0.15) is 12.7 Å². The number of para-hydroxylation sites is 1. The first-order valence-corrected chi connectivity index (χ1v) is 12.3. The van der Waals surface area contributed by atoms with E-state index in [0.717, 1.165) is 6.07 Å². The van der Waals surface area contributed by atoms with E-state index in [1.54, 1.807) is 18.2 Å². The molecule has 1 saturated heterocycles. The SMILES string of the molecule is O=S1(=O)N=C(CN2CCCN(S(=O)(=O)c3ccccc3F)CC2)Nc2ccccc21. The van der Waals surface area contributed by atoms with E-state index < -0.39 is 25.9 Å². The zero-order valence-electron chi connectivity index (χ0n) is 16.0. The molecule has 30 heavy (non-hydrogen) atoms. The molecule has 8 nitrogen and oxygen atoms in total. The topological polar surface area (TPSA) is 99.2 Å². The molecule has 0 spiro atoms. The summed E-state index contributed by atoms with van der Waals surface area (Å²) >= 11 is 0. The quantitative estimate of drug-likeness (QED) is 0.759. The van der Waals surface area contributed by atoms with Gasteiger partial charge in [0.05, 0.1) is 12.2 Å². The summed E-state index contributed by atoms with van der Waals surface area (Å²) in [5.74, 6) is -0.484. The van der Waals surface area contributed by atoms with Crippen molar-refractivity contribution >= 4 is 31.6 Å². The highest BCUT2D eigenvalue weighted by molar-refractivity contribution is 7.90. The summed E-state index contributed by atoms with van der Waals surface area (Å²) in [6.45, 7) is 1.60. The van der Waals surface area contributed by atoms with Crippen LogP contribution in [0.5, 0.6) is 0 Å². The van der Waals surface area contributed by atoms with Crippen molar-refractivity contribution in [2.75, 3.05) is 38.0 Å². The molecule has 2 heterocycles.